The second-order valence-electron chi connectivity index (χ2n) is 5.85. The first-order valence-electron chi connectivity index (χ1n) is 7.09. The minimum absolute atomic E-state index is 0.00178. The largest absolute Gasteiger partial charge is 0.478 e. The molecule has 0 aliphatic rings. The van der Waals surface area contributed by atoms with Crippen LogP contribution in [0, 0.1) is 11.8 Å². The highest BCUT2D eigenvalue weighted by Crippen LogP contribution is 2.27. The van der Waals surface area contributed by atoms with Gasteiger partial charge in [0.2, 0.25) is 5.91 Å². The van der Waals surface area contributed by atoms with Gasteiger partial charge in [-0.05, 0) is 24.0 Å². The Morgan fingerprint density at radius 1 is 1.05 bits per heavy atom. The first-order valence-corrected chi connectivity index (χ1v) is 7.09. The summed E-state index contributed by atoms with van der Waals surface area (Å²) < 4.78 is 0. The van der Waals surface area contributed by atoms with Crippen molar-refractivity contribution in [3.05, 3.63) is 35.4 Å². The summed E-state index contributed by atoms with van der Waals surface area (Å²) in [5.41, 5.74) is 4.16. The zero-order valence-electron chi connectivity index (χ0n) is 13.2. The van der Waals surface area contributed by atoms with Gasteiger partial charge in [-0.25, -0.2) is 4.79 Å². The molecule has 6 heteroatoms. The number of amides is 2. The number of aromatic carboxylic acids is 1. The second-order valence-corrected chi connectivity index (χ2v) is 5.85. The third kappa shape index (κ3) is 3.10. The smallest absolute Gasteiger partial charge is 0.336 e. The van der Waals surface area contributed by atoms with Gasteiger partial charge in [0.15, 0.2) is 0 Å². The molecule has 0 fully saturated rings. The van der Waals surface area contributed by atoms with Crippen molar-refractivity contribution in [3.8, 4) is 0 Å². The van der Waals surface area contributed by atoms with Gasteiger partial charge in [-0.15, -0.1) is 0 Å². The summed E-state index contributed by atoms with van der Waals surface area (Å²) >= 11 is 0. The standard InChI is InChI=1S/C16H22N2O4/c1-9(2)16(10(3)4,15(17)22)18-13(19)11-7-5-6-8-12(11)14(20)21/h5-10H,1-4H3,(H2,17,22)(H,18,19)(H,20,21). The molecule has 0 aliphatic carbocycles. The van der Waals surface area contributed by atoms with Gasteiger partial charge in [-0.2, -0.15) is 0 Å². The van der Waals surface area contributed by atoms with Gasteiger partial charge in [0.1, 0.15) is 5.54 Å². The summed E-state index contributed by atoms with van der Waals surface area (Å²) in [4.78, 5) is 35.7. The van der Waals surface area contributed by atoms with E-state index in [-0.39, 0.29) is 23.0 Å². The highest BCUT2D eigenvalue weighted by molar-refractivity contribution is 6.06. The van der Waals surface area contributed by atoms with Gasteiger partial charge >= 0.3 is 5.97 Å². The number of carbonyl (C=O) groups excluding carboxylic acids is 2. The van der Waals surface area contributed by atoms with Crippen LogP contribution in [-0.2, 0) is 4.79 Å². The van der Waals surface area contributed by atoms with Crippen molar-refractivity contribution in [1.82, 2.24) is 5.32 Å². The number of nitrogens with two attached hydrogens (primary N) is 1. The molecular formula is C16H22N2O4. The first-order chi connectivity index (χ1) is 10.1. The normalized spacial score (nSPS) is 11.5. The van der Waals surface area contributed by atoms with E-state index in [1.54, 1.807) is 33.8 Å². The van der Waals surface area contributed by atoms with Gasteiger partial charge in [-0.3, -0.25) is 9.59 Å². The molecule has 0 aliphatic heterocycles. The number of primary amides is 1. The molecule has 1 aromatic carbocycles. The summed E-state index contributed by atoms with van der Waals surface area (Å²) in [6.45, 7) is 7.14. The SMILES string of the molecule is CC(C)C(NC(=O)c1ccccc1C(=O)O)(C(N)=O)C(C)C. The van der Waals surface area contributed by atoms with Crippen molar-refractivity contribution < 1.29 is 19.5 Å². The van der Waals surface area contributed by atoms with Crippen LogP contribution in [0.4, 0.5) is 0 Å². The van der Waals surface area contributed by atoms with Crippen LogP contribution >= 0.6 is 0 Å². The molecule has 1 aromatic rings. The molecule has 0 unspecified atom stereocenters. The maximum atomic E-state index is 12.5. The van der Waals surface area contributed by atoms with E-state index in [9.17, 15) is 14.4 Å². The van der Waals surface area contributed by atoms with E-state index in [2.05, 4.69) is 5.32 Å². The zero-order valence-corrected chi connectivity index (χ0v) is 13.2. The van der Waals surface area contributed by atoms with E-state index < -0.39 is 23.3 Å². The van der Waals surface area contributed by atoms with Gasteiger partial charge in [0.05, 0.1) is 11.1 Å². The third-order valence-corrected chi connectivity index (χ3v) is 3.95. The third-order valence-electron chi connectivity index (χ3n) is 3.95. The molecule has 4 N–H and O–H groups in total. The van der Waals surface area contributed by atoms with Crippen molar-refractivity contribution >= 4 is 17.8 Å². The molecule has 0 atom stereocenters. The Labute approximate surface area is 129 Å². The number of hydrogen-bond acceptors (Lipinski definition) is 3. The Kier molecular flexibility index (Phi) is 5.30. The van der Waals surface area contributed by atoms with Crippen LogP contribution in [0.3, 0.4) is 0 Å². The van der Waals surface area contributed by atoms with E-state index in [1.165, 1.54) is 18.2 Å². The van der Waals surface area contributed by atoms with Gasteiger partial charge in [-0.1, -0.05) is 39.8 Å². The van der Waals surface area contributed by atoms with Crippen molar-refractivity contribution in [2.45, 2.75) is 33.2 Å². The summed E-state index contributed by atoms with van der Waals surface area (Å²) in [6, 6.07) is 5.85. The Morgan fingerprint density at radius 3 is 1.86 bits per heavy atom. The molecule has 1 rings (SSSR count). The number of nitrogens with one attached hydrogen (secondary N) is 1. The van der Waals surface area contributed by atoms with Crippen LogP contribution in [0.2, 0.25) is 0 Å². The average Bonchev–Trinajstić information content (AvgIpc) is 2.43. The highest BCUT2D eigenvalue weighted by atomic mass is 16.4. The Hall–Kier alpha value is -2.37. The first kappa shape index (κ1) is 17.7. The Balaban J connectivity index is 3.29. The van der Waals surface area contributed by atoms with E-state index in [1.807, 2.05) is 0 Å². The lowest BCUT2D eigenvalue weighted by Gasteiger charge is -2.39. The summed E-state index contributed by atoms with van der Waals surface area (Å²) in [7, 11) is 0. The van der Waals surface area contributed by atoms with Crippen LogP contribution in [0.5, 0.6) is 0 Å². The van der Waals surface area contributed by atoms with Crippen molar-refractivity contribution in [2.75, 3.05) is 0 Å². The quantitative estimate of drug-likeness (QED) is 0.742. The molecule has 0 saturated carbocycles. The van der Waals surface area contributed by atoms with Crippen LogP contribution in [0.25, 0.3) is 0 Å². The fourth-order valence-corrected chi connectivity index (χ4v) is 2.71. The molecule has 2 amide bonds. The second kappa shape index (κ2) is 6.60. The van der Waals surface area contributed by atoms with Gasteiger partial charge in [0, 0.05) is 0 Å². The van der Waals surface area contributed by atoms with Gasteiger partial charge < -0.3 is 16.2 Å². The van der Waals surface area contributed by atoms with Crippen molar-refractivity contribution in [2.24, 2.45) is 17.6 Å². The molecule has 0 aromatic heterocycles. The van der Waals surface area contributed by atoms with E-state index >= 15 is 0 Å². The lowest BCUT2D eigenvalue weighted by Crippen LogP contribution is -2.64. The number of hydrogen-bond donors (Lipinski definition) is 3. The van der Waals surface area contributed by atoms with Crippen molar-refractivity contribution in [1.29, 1.82) is 0 Å². The number of rotatable bonds is 6. The van der Waals surface area contributed by atoms with Crippen molar-refractivity contribution in [3.63, 3.8) is 0 Å². The molecule has 0 saturated heterocycles. The predicted octanol–water partition coefficient (Wildman–Crippen LogP) is 1.65. The molecule has 0 spiro atoms. The maximum absolute atomic E-state index is 12.5. The predicted molar refractivity (Wildman–Crippen MR) is 82.5 cm³/mol. The van der Waals surface area contributed by atoms with Crippen LogP contribution in [-0.4, -0.2) is 28.4 Å². The number of benzene rings is 1. The molecular weight excluding hydrogens is 284 g/mol. The number of carboxylic acid groups (broad SMARTS) is 1. The molecule has 120 valence electrons. The number of carbonyl (C=O) groups is 3. The van der Waals surface area contributed by atoms with E-state index in [4.69, 9.17) is 10.8 Å². The van der Waals surface area contributed by atoms with Crippen LogP contribution in [0.15, 0.2) is 24.3 Å². The summed E-state index contributed by atoms with van der Waals surface area (Å²) in [6.07, 6.45) is 0. The number of carboxylic acids is 1. The minimum Gasteiger partial charge on any atom is -0.478 e. The summed E-state index contributed by atoms with van der Waals surface area (Å²) in [5, 5.41) is 11.8. The molecule has 22 heavy (non-hydrogen) atoms. The topological polar surface area (TPSA) is 109 Å². The fourth-order valence-electron chi connectivity index (χ4n) is 2.71. The lowest BCUT2D eigenvalue weighted by molar-refractivity contribution is -0.127. The highest BCUT2D eigenvalue weighted by Gasteiger charge is 2.44. The fraction of sp³-hybridized carbons (Fsp3) is 0.438. The molecule has 0 bridgehead atoms. The zero-order chi connectivity index (χ0) is 17.1. The monoisotopic (exact) mass is 306 g/mol. The molecule has 0 heterocycles. The minimum atomic E-state index is -1.25. The van der Waals surface area contributed by atoms with E-state index in [0.717, 1.165) is 0 Å². The van der Waals surface area contributed by atoms with E-state index in [0.29, 0.717) is 0 Å². The van der Waals surface area contributed by atoms with Crippen LogP contribution in [0.1, 0.15) is 48.4 Å². The molecule has 6 nitrogen and oxygen atoms in total. The summed E-state index contributed by atoms with van der Waals surface area (Å²) in [5.74, 6) is -2.96. The Morgan fingerprint density at radius 2 is 1.50 bits per heavy atom. The molecule has 0 radical (unpaired) electrons. The average molecular weight is 306 g/mol. The van der Waals surface area contributed by atoms with Crippen LogP contribution < -0.4 is 11.1 Å². The maximum Gasteiger partial charge on any atom is 0.336 e. The van der Waals surface area contributed by atoms with Gasteiger partial charge in [0.25, 0.3) is 5.91 Å². The Bertz CT molecular complexity index is 586. The lowest BCUT2D eigenvalue weighted by atomic mass is 9.76.